The van der Waals surface area contributed by atoms with E-state index in [1.807, 2.05) is 13.8 Å². The van der Waals surface area contributed by atoms with Crippen LogP contribution in [-0.4, -0.2) is 83.4 Å². The molecule has 0 radical (unpaired) electrons. The first-order chi connectivity index (χ1) is 11.4. The Morgan fingerprint density at radius 1 is 1.04 bits per heavy atom. The molecule has 0 amide bonds. The second-order valence-corrected chi connectivity index (χ2v) is 7.58. The largest absolute Gasteiger partial charge is 0.507 e. The molecule has 1 aromatic carbocycles. The number of hydrogen-bond acceptors (Lipinski definition) is 5. The summed E-state index contributed by atoms with van der Waals surface area (Å²) in [6, 6.07) is 4.42. The lowest BCUT2D eigenvalue weighted by Gasteiger charge is -2.44. The molecule has 24 heavy (non-hydrogen) atoms. The van der Waals surface area contributed by atoms with Crippen LogP contribution in [0.5, 0.6) is 5.75 Å². The van der Waals surface area contributed by atoms with Gasteiger partial charge < -0.3 is 15.1 Å². The lowest BCUT2D eigenvalue weighted by atomic mass is 9.98. The fraction of sp³-hybridized carbons (Fsp3) is 0.684. The highest BCUT2D eigenvalue weighted by Crippen LogP contribution is 2.25. The third kappa shape index (κ3) is 3.91. The highest BCUT2D eigenvalue weighted by atomic mass is 16.3. The smallest absolute Gasteiger partial charge is 0.121 e. The summed E-state index contributed by atoms with van der Waals surface area (Å²) in [5.74, 6) is 0.396. The van der Waals surface area contributed by atoms with Crippen molar-refractivity contribution in [3.63, 3.8) is 0 Å². The molecule has 2 aliphatic heterocycles. The van der Waals surface area contributed by atoms with Crippen LogP contribution in [0.2, 0.25) is 0 Å². The van der Waals surface area contributed by atoms with Crippen LogP contribution >= 0.6 is 0 Å². The molecule has 0 spiro atoms. The third-order valence-electron chi connectivity index (χ3n) is 5.59. The SMILES string of the molecule is Cc1cc(CN2CC[C@@H](N3CCN(C)CC3)[C@H](O)C2)cc(C)c1O. The number of nitrogens with zero attached hydrogens (tertiary/aromatic N) is 3. The molecule has 2 N–H and O–H groups in total. The van der Waals surface area contributed by atoms with Crippen molar-refractivity contribution in [1.29, 1.82) is 0 Å². The Hall–Kier alpha value is -1.14. The number of aromatic hydroxyl groups is 1. The first kappa shape index (κ1) is 17.7. The van der Waals surface area contributed by atoms with Gasteiger partial charge in [0.15, 0.2) is 0 Å². The summed E-state index contributed by atoms with van der Waals surface area (Å²) in [6.07, 6.45) is 0.752. The first-order valence-electron chi connectivity index (χ1n) is 9.06. The van der Waals surface area contributed by atoms with Crippen molar-refractivity contribution < 1.29 is 10.2 Å². The van der Waals surface area contributed by atoms with E-state index in [4.69, 9.17) is 0 Å². The van der Waals surface area contributed by atoms with E-state index in [2.05, 4.69) is 33.9 Å². The molecular formula is C19H31N3O2. The number of likely N-dealkylation sites (tertiary alicyclic amines) is 1. The predicted octanol–water partition coefficient (Wildman–Crippen LogP) is 1.19. The summed E-state index contributed by atoms with van der Waals surface area (Å²) in [4.78, 5) is 7.16. The molecule has 0 saturated carbocycles. The fourth-order valence-electron chi connectivity index (χ4n) is 4.10. The van der Waals surface area contributed by atoms with Crippen LogP contribution in [0.4, 0.5) is 0 Å². The van der Waals surface area contributed by atoms with Crippen molar-refractivity contribution in [3.8, 4) is 5.75 Å². The maximum atomic E-state index is 10.7. The van der Waals surface area contributed by atoms with E-state index < -0.39 is 0 Å². The monoisotopic (exact) mass is 333 g/mol. The highest BCUT2D eigenvalue weighted by Gasteiger charge is 2.33. The lowest BCUT2D eigenvalue weighted by Crippen LogP contribution is -2.58. The van der Waals surface area contributed by atoms with Crippen LogP contribution in [0.1, 0.15) is 23.1 Å². The van der Waals surface area contributed by atoms with Gasteiger partial charge in [-0.05, 0) is 44.0 Å². The molecule has 2 saturated heterocycles. The number of hydrogen-bond donors (Lipinski definition) is 2. The molecule has 1 aromatic rings. The van der Waals surface area contributed by atoms with Crippen molar-refractivity contribution in [2.75, 3.05) is 46.3 Å². The number of likely N-dealkylation sites (N-methyl/N-ethyl adjacent to an activating group) is 1. The maximum absolute atomic E-state index is 10.7. The molecule has 0 aliphatic carbocycles. The van der Waals surface area contributed by atoms with Gasteiger partial charge in [0.1, 0.15) is 5.75 Å². The highest BCUT2D eigenvalue weighted by molar-refractivity contribution is 5.42. The van der Waals surface area contributed by atoms with E-state index in [0.29, 0.717) is 11.8 Å². The van der Waals surface area contributed by atoms with Crippen LogP contribution in [0.15, 0.2) is 12.1 Å². The summed E-state index contributed by atoms with van der Waals surface area (Å²) < 4.78 is 0. The predicted molar refractivity (Wildman–Crippen MR) is 96.3 cm³/mol. The molecule has 2 aliphatic rings. The molecule has 0 unspecified atom stereocenters. The fourth-order valence-corrected chi connectivity index (χ4v) is 4.10. The van der Waals surface area contributed by atoms with Crippen LogP contribution in [0.25, 0.3) is 0 Å². The van der Waals surface area contributed by atoms with Crippen molar-refractivity contribution in [3.05, 3.63) is 28.8 Å². The van der Waals surface area contributed by atoms with Gasteiger partial charge in [0.25, 0.3) is 0 Å². The number of aliphatic hydroxyl groups is 1. The quantitative estimate of drug-likeness (QED) is 0.870. The molecule has 3 rings (SSSR count). The zero-order valence-electron chi connectivity index (χ0n) is 15.2. The number of rotatable bonds is 3. The van der Waals surface area contributed by atoms with E-state index in [1.54, 1.807) is 0 Å². The Morgan fingerprint density at radius 3 is 2.25 bits per heavy atom. The number of phenols is 1. The molecule has 0 bridgehead atoms. The standard InChI is InChI=1S/C19H31N3O2/c1-14-10-16(11-15(2)19(14)24)12-21-5-4-17(18(23)13-21)22-8-6-20(3)7-9-22/h10-11,17-18,23-24H,4-9,12-13H2,1-3H3/t17-,18-/m1/s1. The number of piperazine rings is 1. The molecule has 5 nitrogen and oxygen atoms in total. The van der Waals surface area contributed by atoms with Gasteiger partial charge in [-0.2, -0.15) is 0 Å². The molecule has 2 fully saturated rings. The molecule has 2 atom stereocenters. The van der Waals surface area contributed by atoms with E-state index in [-0.39, 0.29) is 6.10 Å². The van der Waals surface area contributed by atoms with E-state index in [9.17, 15) is 10.2 Å². The van der Waals surface area contributed by atoms with Crippen LogP contribution in [-0.2, 0) is 6.54 Å². The van der Waals surface area contributed by atoms with Gasteiger partial charge in [0, 0.05) is 51.9 Å². The van der Waals surface area contributed by atoms with Gasteiger partial charge in [0.05, 0.1) is 6.10 Å². The summed E-state index contributed by atoms with van der Waals surface area (Å²) in [5.41, 5.74) is 3.07. The number of β-amino-alcohol motifs (C(OH)–C–C–N with tert-alkyl or cyclic N) is 1. The summed E-state index contributed by atoms with van der Waals surface area (Å²) in [7, 11) is 2.16. The van der Waals surface area contributed by atoms with E-state index >= 15 is 0 Å². The van der Waals surface area contributed by atoms with Gasteiger partial charge in [-0.15, -0.1) is 0 Å². The Kier molecular flexibility index (Phi) is 5.45. The van der Waals surface area contributed by atoms with Gasteiger partial charge in [-0.25, -0.2) is 0 Å². The average molecular weight is 333 g/mol. The van der Waals surface area contributed by atoms with E-state index in [1.165, 1.54) is 5.56 Å². The topological polar surface area (TPSA) is 50.2 Å². The number of benzene rings is 1. The number of aryl methyl sites for hydroxylation is 2. The zero-order chi connectivity index (χ0) is 17.3. The zero-order valence-corrected chi connectivity index (χ0v) is 15.2. The molecule has 134 valence electrons. The van der Waals surface area contributed by atoms with Crippen molar-refractivity contribution in [2.45, 2.75) is 39.0 Å². The summed E-state index contributed by atoms with van der Waals surface area (Å²) in [6.45, 7) is 10.8. The van der Waals surface area contributed by atoms with Gasteiger partial charge in [0.2, 0.25) is 0 Å². The minimum Gasteiger partial charge on any atom is -0.507 e. The molecule has 0 aromatic heterocycles. The normalized spacial score (nSPS) is 27.5. The van der Waals surface area contributed by atoms with Crippen molar-refractivity contribution >= 4 is 0 Å². The Balaban J connectivity index is 1.57. The van der Waals surface area contributed by atoms with Gasteiger partial charge in [-0.3, -0.25) is 9.80 Å². The molecule has 2 heterocycles. The number of aliphatic hydroxyl groups excluding tert-OH is 1. The third-order valence-corrected chi connectivity index (χ3v) is 5.59. The van der Waals surface area contributed by atoms with Crippen LogP contribution in [0.3, 0.4) is 0 Å². The lowest BCUT2D eigenvalue weighted by molar-refractivity contribution is -0.0286. The Labute approximate surface area is 145 Å². The molecular weight excluding hydrogens is 302 g/mol. The van der Waals surface area contributed by atoms with Gasteiger partial charge in [-0.1, -0.05) is 12.1 Å². The van der Waals surface area contributed by atoms with Crippen molar-refractivity contribution in [2.24, 2.45) is 0 Å². The maximum Gasteiger partial charge on any atom is 0.121 e. The number of phenolic OH excluding ortho intramolecular Hbond substituents is 1. The summed E-state index contributed by atoms with van der Waals surface area (Å²) >= 11 is 0. The second-order valence-electron chi connectivity index (χ2n) is 7.58. The van der Waals surface area contributed by atoms with E-state index in [0.717, 1.165) is 63.4 Å². The first-order valence-corrected chi connectivity index (χ1v) is 9.06. The Bertz CT molecular complexity index is 547. The molecule has 5 heteroatoms. The minimum atomic E-state index is -0.276. The summed E-state index contributed by atoms with van der Waals surface area (Å²) in [5, 5.41) is 20.6. The second kappa shape index (κ2) is 7.40. The minimum absolute atomic E-state index is 0.276. The van der Waals surface area contributed by atoms with Crippen LogP contribution in [0, 0.1) is 13.8 Å². The van der Waals surface area contributed by atoms with Crippen LogP contribution < -0.4 is 0 Å². The Morgan fingerprint density at radius 2 is 1.67 bits per heavy atom. The van der Waals surface area contributed by atoms with Gasteiger partial charge >= 0.3 is 0 Å². The number of piperidine rings is 1. The van der Waals surface area contributed by atoms with Crippen molar-refractivity contribution in [1.82, 2.24) is 14.7 Å². The average Bonchev–Trinajstić information content (AvgIpc) is 2.54.